The fourth-order valence-corrected chi connectivity index (χ4v) is 9.23. The molecule has 4 nitrogen and oxygen atoms in total. The summed E-state index contributed by atoms with van der Waals surface area (Å²) in [5.41, 5.74) is 16.3. The summed E-state index contributed by atoms with van der Waals surface area (Å²) < 4.78 is 41.7. The van der Waals surface area contributed by atoms with E-state index < -0.39 is 0 Å². The molecule has 0 unspecified atom stereocenters. The van der Waals surface area contributed by atoms with Crippen molar-refractivity contribution < 1.29 is 17.6 Å². The molecule has 0 radical (unpaired) electrons. The van der Waals surface area contributed by atoms with E-state index in [0.29, 0.717) is 0 Å². The first kappa shape index (κ1) is 37.6. The van der Waals surface area contributed by atoms with Gasteiger partial charge in [0.25, 0.3) is 0 Å². The number of furan rings is 2. The smallest absolute Gasteiger partial charge is 0.143 e. The van der Waals surface area contributed by atoms with E-state index in [1.54, 1.807) is 0 Å². The van der Waals surface area contributed by atoms with Gasteiger partial charge in [0.05, 0.1) is 0 Å². The zero-order valence-corrected chi connectivity index (χ0v) is 35.3. The van der Waals surface area contributed by atoms with Gasteiger partial charge in [0.15, 0.2) is 0 Å². The van der Waals surface area contributed by atoms with Crippen molar-refractivity contribution in [2.45, 2.75) is 41.5 Å². The second-order valence-corrected chi connectivity index (χ2v) is 16.8. The summed E-state index contributed by atoms with van der Waals surface area (Å²) >= 11 is 0. The number of aryl methyl sites for hydroxylation is 4. The highest BCUT2D eigenvalue weighted by molar-refractivity contribution is 6.21. The van der Waals surface area contributed by atoms with Crippen LogP contribution < -0.4 is 9.80 Å². The molecule has 0 aliphatic heterocycles. The Hall–Kier alpha value is -7.44. The maximum atomic E-state index is 14.1. The molecular formula is C56H42F2N2O2. The lowest BCUT2D eigenvalue weighted by molar-refractivity contribution is 0.627. The molecule has 2 heterocycles. The minimum Gasteiger partial charge on any atom is -0.455 e. The van der Waals surface area contributed by atoms with Crippen LogP contribution in [0.1, 0.15) is 33.4 Å². The first-order valence-corrected chi connectivity index (χ1v) is 20.9. The molecule has 0 amide bonds. The molecule has 0 fully saturated rings. The van der Waals surface area contributed by atoms with Gasteiger partial charge < -0.3 is 18.6 Å². The summed E-state index contributed by atoms with van der Waals surface area (Å²) in [6.07, 6.45) is 0. The van der Waals surface area contributed by atoms with Gasteiger partial charge in [-0.1, -0.05) is 12.1 Å². The van der Waals surface area contributed by atoms with Crippen LogP contribution in [0, 0.1) is 53.2 Å². The van der Waals surface area contributed by atoms with E-state index in [1.807, 2.05) is 24.3 Å². The van der Waals surface area contributed by atoms with Crippen LogP contribution in [-0.4, -0.2) is 0 Å². The molecule has 9 aromatic carbocycles. The fraction of sp³-hybridized carbons (Fsp3) is 0.107. The molecule has 0 spiro atoms. The summed E-state index contributed by atoms with van der Waals surface area (Å²) in [4.78, 5) is 4.36. The summed E-state index contributed by atoms with van der Waals surface area (Å²) in [6.45, 7) is 12.8. The molecule has 0 saturated carbocycles. The van der Waals surface area contributed by atoms with Crippen LogP contribution in [0.2, 0.25) is 0 Å². The number of hydrogen-bond acceptors (Lipinski definition) is 4. The third kappa shape index (κ3) is 6.00. The summed E-state index contributed by atoms with van der Waals surface area (Å²) in [5.74, 6) is -0.540. The van der Waals surface area contributed by atoms with E-state index >= 15 is 0 Å². The summed E-state index contributed by atoms with van der Waals surface area (Å²) in [5, 5.41) is 8.08. The van der Waals surface area contributed by atoms with Gasteiger partial charge in [0, 0.05) is 66.4 Å². The maximum Gasteiger partial charge on any atom is 0.143 e. The number of anilines is 6. The molecule has 2 aromatic heterocycles. The Labute approximate surface area is 357 Å². The molecule has 0 aliphatic rings. The third-order valence-corrected chi connectivity index (χ3v) is 13.0. The lowest BCUT2D eigenvalue weighted by Gasteiger charge is -2.27. The predicted molar refractivity (Wildman–Crippen MR) is 254 cm³/mol. The molecule has 0 aliphatic carbocycles. The summed E-state index contributed by atoms with van der Waals surface area (Å²) in [7, 11) is 0. The van der Waals surface area contributed by atoms with E-state index in [9.17, 15) is 8.78 Å². The number of nitrogens with zero attached hydrogens (tertiary/aromatic N) is 2. The zero-order valence-electron chi connectivity index (χ0n) is 35.3. The van der Waals surface area contributed by atoms with E-state index in [1.165, 1.54) is 57.6 Å². The zero-order chi connectivity index (χ0) is 42.6. The normalized spacial score (nSPS) is 11.9. The molecule has 6 heteroatoms. The Morgan fingerprint density at radius 2 is 0.661 bits per heavy atom. The Balaban J connectivity index is 1.01. The van der Waals surface area contributed by atoms with Crippen molar-refractivity contribution in [2.75, 3.05) is 9.80 Å². The molecule has 0 saturated heterocycles. The molecule has 0 bridgehead atoms. The van der Waals surface area contributed by atoms with Crippen LogP contribution in [0.25, 0.3) is 65.4 Å². The van der Waals surface area contributed by atoms with Crippen molar-refractivity contribution in [2.24, 2.45) is 0 Å². The highest BCUT2D eigenvalue weighted by atomic mass is 19.1. The molecule has 0 N–H and O–H groups in total. The van der Waals surface area contributed by atoms with Gasteiger partial charge >= 0.3 is 0 Å². The highest BCUT2D eigenvalue weighted by Crippen LogP contribution is 2.44. The van der Waals surface area contributed by atoms with E-state index in [4.69, 9.17) is 8.83 Å². The quantitative estimate of drug-likeness (QED) is 0.167. The molecular weight excluding hydrogens is 771 g/mol. The molecule has 62 heavy (non-hydrogen) atoms. The minimum atomic E-state index is -0.270. The Kier molecular flexibility index (Phi) is 8.52. The SMILES string of the molecule is Cc1cc(N(c2ccc(F)cc2)c2ccc3c(ccc4c5cc6oc7c8ccc(N(c9ccc(F)cc9)c9cc(C)c(C)c(C)c9)cc8ccc7c6cc5oc34)c2)cc(C)c1C. The number of hydrogen-bond donors (Lipinski definition) is 0. The van der Waals surface area contributed by atoms with Crippen LogP contribution in [-0.2, 0) is 0 Å². The van der Waals surface area contributed by atoms with Crippen molar-refractivity contribution in [1.82, 2.24) is 0 Å². The van der Waals surface area contributed by atoms with Crippen LogP contribution in [0.3, 0.4) is 0 Å². The van der Waals surface area contributed by atoms with Crippen LogP contribution >= 0.6 is 0 Å². The van der Waals surface area contributed by atoms with Gasteiger partial charge in [0.1, 0.15) is 34.0 Å². The Morgan fingerprint density at radius 3 is 1.03 bits per heavy atom. The van der Waals surface area contributed by atoms with Crippen LogP contribution in [0.4, 0.5) is 42.9 Å². The third-order valence-electron chi connectivity index (χ3n) is 13.0. The predicted octanol–water partition coefficient (Wildman–Crippen LogP) is 16.9. The number of halogens is 2. The fourth-order valence-electron chi connectivity index (χ4n) is 9.23. The van der Waals surface area contributed by atoms with Crippen molar-refractivity contribution in [3.05, 3.63) is 191 Å². The first-order chi connectivity index (χ1) is 30.0. The van der Waals surface area contributed by atoms with Gasteiger partial charge in [-0.15, -0.1) is 0 Å². The topological polar surface area (TPSA) is 32.8 Å². The maximum absolute atomic E-state index is 14.1. The van der Waals surface area contributed by atoms with Gasteiger partial charge in [-0.2, -0.15) is 0 Å². The largest absolute Gasteiger partial charge is 0.455 e. The molecule has 11 rings (SSSR count). The summed E-state index contributed by atoms with van der Waals surface area (Å²) in [6, 6.07) is 47.7. The highest BCUT2D eigenvalue weighted by Gasteiger charge is 2.21. The van der Waals surface area contributed by atoms with Crippen molar-refractivity contribution in [3.8, 4) is 0 Å². The lowest BCUT2D eigenvalue weighted by Crippen LogP contribution is -2.11. The average Bonchev–Trinajstić information content (AvgIpc) is 3.83. The van der Waals surface area contributed by atoms with Gasteiger partial charge in [0.2, 0.25) is 0 Å². The monoisotopic (exact) mass is 812 g/mol. The van der Waals surface area contributed by atoms with Gasteiger partial charge in [-0.05, 0) is 219 Å². The van der Waals surface area contributed by atoms with Crippen molar-refractivity contribution >= 4 is 99.5 Å². The first-order valence-electron chi connectivity index (χ1n) is 20.9. The van der Waals surface area contributed by atoms with E-state index in [-0.39, 0.29) is 11.6 Å². The molecule has 0 atom stereocenters. The number of fused-ring (bicyclic) bond motifs is 10. The second kappa shape index (κ2) is 14.1. The minimum absolute atomic E-state index is 0.270. The molecule has 302 valence electrons. The Morgan fingerprint density at radius 1 is 0.323 bits per heavy atom. The van der Waals surface area contributed by atoms with Crippen LogP contribution in [0.5, 0.6) is 0 Å². The van der Waals surface area contributed by atoms with E-state index in [0.717, 1.165) is 99.5 Å². The lowest BCUT2D eigenvalue weighted by atomic mass is 10.0. The molecule has 11 aromatic rings. The van der Waals surface area contributed by atoms with Crippen LogP contribution in [0.15, 0.2) is 154 Å². The van der Waals surface area contributed by atoms with Crippen molar-refractivity contribution in [1.29, 1.82) is 0 Å². The van der Waals surface area contributed by atoms with Crippen molar-refractivity contribution in [3.63, 3.8) is 0 Å². The number of rotatable bonds is 6. The van der Waals surface area contributed by atoms with Gasteiger partial charge in [-0.25, -0.2) is 8.78 Å². The Bertz CT molecular complexity index is 3330. The van der Waals surface area contributed by atoms with E-state index in [2.05, 4.69) is 148 Å². The standard InChI is InChI=1S/C56H42F2N2O2/c1-31-23-45(24-32(2)35(31)5)59(41-13-9-39(57)10-14-41)43-17-21-47-37(27-43)7-19-49-51-29-54-52(30-53(51)61-55(47)49)50-20-8-38-28-44(18-22-48(38)56(50)62-54)60(42-15-11-40(58)12-16-42)46-25-33(3)36(6)34(4)26-46/h7-30H,1-6H3. The number of benzene rings is 9. The van der Waals surface area contributed by atoms with Gasteiger partial charge in [-0.3, -0.25) is 0 Å². The average molecular weight is 813 g/mol. The second-order valence-electron chi connectivity index (χ2n) is 16.8.